The minimum atomic E-state index is 0.471. The van der Waals surface area contributed by atoms with Crippen molar-refractivity contribution in [2.45, 2.75) is 33.7 Å². The van der Waals surface area contributed by atoms with Crippen LogP contribution in [-0.2, 0) is 13.0 Å². The van der Waals surface area contributed by atoms with Crippen LogP contribution in [0.5, 0.6) is 0 Å². The predicted octanol–water partition coefficient (Wildman–Crippen LogP) is 4.22. The smallest absolute Gasteiger partial charge is 0.248 e. The van der Waals surface area contributed by atoms with Crippen molar-refractivity contribution in [2.24, 2.45) is 0 Å². The molecule has 0 fully saturated rings. The fourth-order valence-electron chi connectivity index (χ4n) is 3.65. The van der Waals surface area contributed by atoms with Crippen LogP contribution in [0.4, 0.5) is 0 Å². The molecule has 1 aromatic carbocycles. The van der Waals surface area contributed by atoms with E-state index in [1.165, 1.54) is 0 Å². The van der Waals surface area contributed by atoms with Crippen LogP contribution in [0.1, 0.15) is 25.4 Å². The maximum Gasteiger partial charge on any atom is 0.248 e. The molecule has 0 bridgehead atoms. The van der Waals surface area contributed by atoms with E-state index in [0.29, 0.717) is 18.2 Å². The molecule has 0 atom stereocenters. The molecule has 0 aliphatic rings. The number of rotatable bonds is 5. The third-order valence-corrected chi connectivity index (χ3v) is 5.09. The lowest BCUT2D eigenvalue weighted by Crippen LogP contribution is -2.02. The second-order valence-electron chi connectivity index (χ2n) is 6.97. The first-order valence-electron chi connectivity index (χ1n) is 10.00. The lowest BCUT2D eigenvalue weighted by molar-refractivity contribution is 0.513. The Hall–Kier alpha value is -3.81. The fourth-order valence-corrected chi connectivity index (χ4v) is 3.65. The third kappa shape index (κ3) is 2.88. The maximum atomic E-state index is 5.92. The molecule has 0 saturated carbocycles. The number of para-hydroxylation sites is 1. The molecule has 0 saturated heterocycles. The van der Waals surface area contributed by atoms with E-state index in [1.807, 2.05) is 65.7 Å². The molecule has 0 radical (unpaired) electrons. The van der Waals surface area contributed by atoms with Gasteiger partial charge in [0.1, 0.15) is 0 Å². The first kappa shape index (κ1) is 18.2. The summed E-state index contributed by atoms with van der Waals surface area (Å²) in [6, 6.07) is 13.9. The number of hydrogen-bond acceptors (Lipinski definition) is 6. The summed E-state index contributed by atoms with van der Waals surface area (Å²) in [6.07, 6.45) is 2.46. The van der Waals surface area contributed by atoms with E-state index in [1.54, 1.807) is 6.20 Å². The highest BCUT2D eigenvalue weighted by molar-refractivity contribution is 5.95. The van der Waals surface area contributed by atoms with E-state index in [2.05, 4.69) is 22.2 Å². The van der Waals surface area contributed by atoms with Crippen LogP contribution in [0.25, 0.3) is 39.6 Å². The van der Waals surface area contributed by atoms with Crippen molar-refractivity contribution in [2.75, 3.05) is 0 Å². The van der Waals surface area contributed by atoms with E-state index < -0.39 is 0 Å². The summed E-state index contributed by atoms with van der Waals surface area (Å²) in [5, 5.41) is 18.5. The number of aryl methyl sites for hydroxylation is 3. The number of aromatic nitrogens is 7. The monoisotopic (exact) mass is 399 g/mol. The molecule has 4 aromatic heterocycles. The van der Waals surface area contributed by atoms with Crippen molar-refractivity contribution < 1.29 is 4.42 Å². The Morgan fingerprint density at radius 1 is 1.03 bits per heavy atom. The molecule has 4 heterocycles. The van der Waals surface area contributed by atoms with Crippen LogP contribution in [0.3, 0.4) is 0 Å². The number of nitrogens with zero attached hydrogens (tertiary/aromatic N) is 7. The standard InChI is InChI=1S/C22H21N7O/c1-4-19-25-26-22(30-19)16-13-17(18-11-12-23-28(18)5-2)24-21-20(16)14(3)27-29(21)15-9-7-6-8-10-15/h6-13H,4-5H2,1-3H3. The minimum Gasteiger partial charge on any atom is -0.421 e. The largest absolute Gasteiger partial charge is 0.421 e. The Bertz CT molecular complexity index is 1330. The quantitative estimate of drug-likeness (QED) is 0.440. The van der Waals surface area contributed by atoms with Gasteiger partial charge in [0.05, 0.1) is 33.7 Å². The van der Waals surface area contributed by atoms with Gasteiger partial charge in [-0.15, -0.1) is 10.2 Å². The van der Waals surface area contributed by atoms with Gasteiger partial charge in [-0.3, -0.25) is 4.68 Å². The van der Waals surface area contributed by atoms with Crippen LogP contribution in [0.15, 0.2) is 53.1 Å². The normalized spacial score (nSPS) is 11.4. The van der Waals surface area contributed by atoms with Crippen molar-refractivity contribution in [3.8, 4) is 28.5 Å². The zero-order chi connectivity index (χ0) is 20.7. The lowest BCUT2D eigenvalue weighted by atomic mass is 10.1. The van der Waals surface area contributed by atoms with Crippen molar-refractivity contribution in [1.82, 2.24) is 34.7 Å². The summed E-state index contributed by atoms with van der Waals surface area (Å²) in [6.45, 7) is 6.76. The summed E-state index contributed by atoms with van der Waals surface area (Å²) in [5.74, 6) is 1.07. The van der Waals surface area contributed by atoms with Gasteiger partial charge in [0.15, 0.2) is 5.65 Å². The Kier molecular flexibility index (Phi) is 4.39. The zero-order valence-corrected chi connectivity index (χ0v) is 17.1. The Labute approximate surface area is 173 Å². The van der Waals surface area contributed by atoms with Gasteiger partial charge in [-0.1, -0.05) is 25.1 Å². The van der Waals surface area contributed by atoms with E-state index in [0.717, 1.165) is 45.9 Å². The topological polar surface area (TPSA) is 87.5 Å². The van der Waals surface area contributed by atoms with Gasteiger partial charge >= 0.3 is 0 Å². The summed E-state index contributed by atoms with van der Waals surface area (Å²) in [4.78, 5) is 4.99. The highest BCUT2D eigenvalue weighted by Crippen LogP contribution is 2.34. The fraction of sp³-hybridized carbons (Fsp3) is 0.227. The molecule has 5 rings (SSSR count). The van der Waals surface area contributed by atoms with Gasteiger partial charge in [0, 0.05) is 19.2 Å². The summed E-state index contributed by atoms with van der Waals surface area (Å²) >= 11 is 0. The summed E-state index contributed by atoms with van der Waals surface area (Å²) in [5.41, 5.74) is 5.06. The molecule has 8 heteroatoms. The second-order valence-corrected chi connectivity index (χ2v) is 6.97. The molecule has 0 amide bonds. The second kappa shape index (κ2) is 7.22. The van der Waals surface area contributed by atoms with Crippen molar-refractivity contribution in [3.63, 3.8) is 0 Å². The predicted molar refractivity (Wildman–Crippen MR) is 113 cm³/mol. The molecule has 150 valence electrons. The van der Waals surface area contributed by atoms with Crippen molar-refractivity contribution in [3.05, 3.63) is 60.2 Å². The molecule has 0 spiro atoms. The van der Waals surface area contributed by atoms with Gasteiger partial charge in [0.2, 0.25) is 11.8 Å². The van der Waals surface area contributed by atoms with Gasteiger partial charge in [0.25, 0.3) is 0 Å². The van der Waals surface area contributed by atoms with E-state index in [9.17, 15) is 0 Å². The molecule has 5 aromatic rings. The number of fused-ring (bicyclic) bond motifs is 1. The van der Waals surface area contributed by atoms with Crippen LogP contribution >= 0.6 is 0 Å². The van der Waals surface area contributed by atoms with Gasteiger partial charge in [-0.25, -0.2) is 9.67 Å². The van der Waals surface area contributed by atoms with Crippen molar-refractivity contribution >= 4 is 11.0 Å². The van der Waals surface area contributed by atoms with E-state index >= 15 is 0 Å². The highest BCUT2D eigenvalue weighted by atomic mass is 16.4. The van der Waals surface area contributed by atoms with E-state index in [-0.39, 0.29) is 0 Å². The molecule has 0 aliphatic carbocycles. The average molecular weight is 399 g/mol. The van der Waals surface area contributed by atoms with E-state index in [4.69, 9.17) is 14.5 Å². The molecule has 0 aliphatic heterocycles. The maximum absolute atomic E-state index is 5.92. The highest BCUT2D eigenvalue weighted by Gasteiger charge is 2.22. The molecule has 0 unspecified atom stereocenters. The van der Waals surface area contributed by atoms with Crippen molar-refractivity contribution in [1.29, 1.82) is 0 Å². The third-order valence-electron chi connectivity index (χ3n) is 5.09. The van der Waals surface area contributed by atoms with Gasteiger partial charge < -0.3 is 4.42 Å². The average Bonchev–Trinajstić information content (AvgIpc) is 3.52. The summed E-state index contributed by atoms with van der Waals surface area (Å²) < 4.78 is 9.69. The SMILES string of the molecule is CCc1nnc(-c2cc(-c3ccnn3CC)nc3c2c(C)nn3-c2ccccc2)o1. The number of benzene rings is 1. The Balaban J connectivity index is 1.84. The number of hydrogen-bond donors (Lipinski definition) is 0. The molecule has 0 N–H and O–H groups in total. The summed E-state index contributed by atoms with van der Waals surface area (Å²) in [7, 11) is 0. The van der Waals surface area contributed by atoms with Crippen LogP contribution in [-0.4, -0.2) is 34.7 Å². The number of pyridine rings is 1. The molecular weight excluding hydrogens is 378 g/mol. The van der Waals surface area contributed by atoms with Gasteiger partial charge in [-0.05, 0) is 38.1 Å². The first-order chi connectivity index (χ1) is 14.7. The van der Waals surface area contributed by atoms with Gasteiger partial charge in [-0.2, -0.15) is 10.2 Å². The van der Waals surface area contributed by atoms with Crippen LogP contribution < -0.4 is 0 Å². The van der Waals surface area contributed by atoms with Crippen LogP contribution in [0.2, 0.25) is 0 Å². The minimum absolute atomic E-state index is 0.471. The molecule has 30 heavy (non-hydrogen) atoms. The Morgan fingerprint density at radius 2 is 1.87 bits per heavy atom. The zero-order valence-electron chi connectivity index (χ0n) is 17.1. The first-order valence-corrected chi connectivity index (χ1v) is 10.00. The molecular formula is C22H21N7O. The molecule has 8 nitrogen and oxygen atoms in total. The van der Waals surface area contributed by atoms with Crippen LogP contribution in [0, 0.1) is 6.92 Å². The Morgan fingerprint density at radius 3 is 2.60 bits per heavy atom. The lowest BCUT2D eigenvalue weighted by Gasteiger charge is -2.08.